The summed E-state index contributed by atoms with van der Waals surface area (Å²) in [5.41, 5.74) is 2.95. The molecule has 0 aliphatic heterocycles. The number of anilines is 2. The van der Waals surface area contributed by atoms with Crippen LogP contribution < -0.4 is 10.0 Å². The molecule has 2 N–H and O–H groups in total. The van der Waals surface area contributed by atoms with Crippen LogP contribution in [0.3, 0.4) is 0 Å². The lowest BCUT2D eigenvalue weighted by molar-refractivity contribution is 0.102. The van der Waals surface area contributed by atoms with Gasteiger partial charge in [-0.2, -0.15) is 0 Å². The van der Waals surface area contributed by atoms with E-state index in [1.54, 1.807) is 12.1 Å². The van der Waals surface area contributed by atoms with E-state index < -0.39 is 15.9 Å². The van der Waals surface area contributed by atoms with Crippen molar-refractivity contribution in [3.63, 3.8) is 0 Å². The van der Waals surface area contributed by atoms with Crippen LogP contribution >= 0.6 is 23.4 Å². The van der Waals surface area contributed by atoms with Crippen LogP contribution in [0.1, 0.15) is 21.5 Å². The molecule has 0 heterocycles. The number of carbonyl (C=O) groups is 1. The van der Waals surface area contributed by atoms with E-state index in [0.29, 0.717) is 11.4 Å². The van der Waals surface area contributed by atoms with Gasteiger partial charge in [0.05, 0.1) is 16.4 Å². The number of nitrogens with one attached hydrogen (secondary N) is 2. The SMILES string of the molecule is Cc1ccc(C)c(NS(=O)(=O)c2cc(C(=O)Nc3ccccc3Sc3ccccc3)ccc2Cl)c1. The second kappa shape index (κ2) is 10.6. The van der Waals surface area contributed by atoms with Crippen molar-refractivity contribution >= 4 is 50.7 Å². The highest BCUT2D eigenvalue weighted by Crippen LogP contribution is 2.34. The van der Waals surface area contributed by atoms with Gasteiger partial charge in [0.2, 0.25) is 0 Å². The lowest BCUT2D eigenvalue weighted by atomic mass is 10.1. The molecule has 0 saturated carbocycles. The van der Waals surface area contributed by atoms with Crippen molar-refractivity contribution in [1.82, 2.24) is 0 Å². The number of benzene rings is 4. The van der Waals surface area contributed by atoms with Crippen molar-refractivity contribution in [3.8, 4) is 0 Å². The Morgan fingerprint density at radius 2 is 1.54 bits per heavy atom. The van der Waals surface area contributed by atoms with Crippen molar-refractivity contribution in [2.45, 2.75) is 28.5 Å². The van der Waals surface area contributed by atoms with E-state index in [9.17, 15) is 13.2 Å². The Bertz CT molecular complexity index is 1490. The number of carbonyl (C=O) groups excluding carboxylic acids is 1. The Morgan fingerprint density at radius 1 is 0.829 bits per heavy atom. The molecular formula is C27H23ClN2O3S2. The zero-order valence-corrected chi connectivity index (χ0v) is 21.5. The van der Waals surface area contributed by atoms with Crippen molar-refractivity contribution < 1.29 is 13.2 Å². The summed E-state index contributed by atoms with van der Waals surface area (Å²) in [4.78, 5) is 14.8. The van der Waals surface area contributed by atoms with Crippen LogP contribution in [0.25, 0.3) is 0 Å². The molecule has 1 amide bonds. The number of halogens is 1. The number of para-hydroxylation sites is 1. The second-order valence-electron chi connectivity index (χ2n) is 7.93. The van der Waals surface area contributed by atoms with Crippen molar-refractivity contribution in [2.75, 3.05) is 10.0 Å². The van der Waals surface area contributed by atoms with Gasteiger partial charge in [-0.15, -0.1) is 0 Å². The first kappa shape index (κ1) is 24.9. The Labute approximate surface area is 214 Å². The predicted octanol–water partition coefficient (Wildman–Crippen LogP) is 7.16. The first-order chi connectivity index (χ1) is 16.7. The van der Waals surface area contributed by atoms with Crippen molar-refractivity contribution in [3.05, 3.63) is 113 Å². The number of amides is 1. The summed E-state index contributed by atoms with van der Waals surface area (Å²) in [5.74, 6) is -0.439. The molecule has 35 heavy (non-hydrogen) atoms. The van der Waals surface area contributed by atoms with Gasteiger partial charge in [0.1, 0.15) is 4.90 Å². The van der Waals surface area contributed by atoms with Gasteiger partial charge in [0.15, 0.2) is 0 Å². The first-order valence-electron chi connectivity index (χ1n) is 10.8. The smallest absolute Gasteiger partial charge is 0.263 e. The normalized spacial score (nSPS) is 11.2. The molecule has 0 spiro atoms. The third-order valence-electron chi connectivity index (χ3n) is 5.23. The number of aryl methyl sites for hydroxylation is 2. The van der Waals surface area contributed by atoms with Crippen LogP contribution in [-0.2, 0) is 10.0 Å². The predicted molar refractivity (Wildman–Crippen MR) is 143 cm³/mol. The second-order valence-corrected chi connectivity index (χ2v) is 11.1. The van der Waals surface area contributed by atoms with Crippen LogP contribution in [0.2, 0.25) is 5.02 Å². The molecule has 4 aromatic rings. The average Bonchev–Trinajstić information content (AvgIpc) is 2.83. The maximum Gasteiger partial charge on any atom is 0.263 e. The lowest BCUT2D eigenvalue weighted by Crippen LogP contribution is -2.17. The molecule has 5 nitrogen and oxygen atoms in total. The molecule has 4 aromatic carbocycles. The zero-order chi connectivity index (χ0) is 25.0. The van der Waals surface area contributed by atoms with Crippen LogP contribution in [0.15, 0.2) is 106 Å². The molecule has 0 radical (unpaired) electrons. The summed E-state index contributed by atoms with van der Waals surface area (Å²) in [6.45, 7) is 3.69. The topological polar surface area (TPSA) is 75.3 Å². The fourth-order valence-electron chi connectivity index (χ4n) is 3.36. The third kappa shape index (κ3) is 6.06. The molecule has 0 saturated heterocycles. The molecule has 0 fully saturated rings. The summed E-state index contributed by atoms with van der Waals surface area (Å²) >= 11 is 7.77. The third-order valence-corrected chi connectivity index (χ3v) is 8.16. The summed E-state index contributed by atoms with van der Waals surface area (Å²) in [6, 6.07) is 27.0. The van der Waals surface area contributed by atoms with E-state index in [4.69, 9.17) is 11.6 Å². The summed E-state index contributed by atoms with van der Waals surface area (Å²) in [5, 5.41) is 2.92. The van der Waals surface area contributed by atoms with Gasteiger partial charge in [0.25, 0.3) is 15.9 Å². The van der Waals surface area contributed by atoms with E-state index in [0.717, 1.165) is 20.9 Å². The highest BCUT2D eigenvalue weighted by atomic mass is 35.5. The Morgan fingerprint density at radius 3 is 2.31 bits per heavy atom. The maximum absolute atomic E-state index is 13.1. The number of hydrogen-bond donors (Lipinski definition) is 2. The van der Waals surface area contributed by atoms with Crippen LogP contribution in [0.4, 0.5) is 11.4 Å². The average molecular weight is 523 g/mol. The minimum Gasteiger partial charge on any atom is -0.321 e. The lowest BCUT2D eigenvalue weighted by Gasteiger charge is -2.14. The number of sulfonamides is 1. The van der Waals surface area contributed by atoms with Crippen LogP contribution in [0.5, 0.6) is 0 Å². The molecule has 0 aliphatic rings. The Kier molecular flexibility index (Phi) is 7.50. The minimum absolute atomic E-state index is 0.0272. The van der Waals surface area contributed by atoms with Crippen molar-refractivity contribution in [2.24, 2.45) is 0 Å². The molecule has 0 aromatic heterocycles. The van der Waals surface area contributed by atoms with Gasteiger partial charge in [-0.1, -0.05) is 65.8 Å². The first-order valence-corrected chi connectivity index (χ1v) is 13.4. The summed E-state index contributed by atoms with van der Waals surface area (Å²) in [7, 11) is -4.03. The Hall–Kier alpha value is -3.26. The fraction of sp³-hybridized carbons (Fsp3) is 0.0741. The van der Waals surface area contributed by atoms with Crippen LogP contribution in [-0.4, -0.2) is 14.3 Å². The standard InChI is InChI=1S/C27H23ClN2O3S2/c1-18-12-13-19(2)24(16-18)30-35(32,33)26-17-20(14-15-22(26)28)27(31)29-23-10-6-7-11-25(23)34-21-8-4-3-5-9-21/h3-17,30H,1-2H3,(H,29,31). The van der Waals surface area contributed by atoms with E-state index in [-0.39, 0.29) is 15.5 Å². The van der Waals surface area contributed by atoms with Crippen molar-refractivity contribution in [1.29, 1.82) is 0 Å². The summed E-state index contributed by atoms with van der Waals surface area (Å²) < 4.78 is 28.9. The molecule has 178 valence electrons. The van der Waals surface area contributed by atoms with E-state index in [1.807, 2.05) is 74.5 Å². The quantitative estimate of drug-likeness (QED) is 0.270. The minimum atomic E-state index is -4.03. The molecule has 4 rings (SSSR count). The number of rotatable bonds is 7. The highest BCUT2D eigenvalue weighted by molar-refractivity contribution is 7.99. The molecule has 0 aliphatic carbocycles. The van der Waals surface area contributed by atoms with Gasteiger partial charge in [-0.25, -0.2) is 8.42 Å². The van der Waals surface area contributed by atoms with E-state index >= 15 is 0 Å². The summed E-state index contributed by atoms with van der Waals surface area (Å²) in [6.07, 6.45) is 0. The van der Waals surface area contributed by atoms with E-state index in [1.165, 1.54) is 30.0 Å². The van der Waals surface area contributed by atoms with Crippen LogP contribution in [0, 0.1) is 13.8 Å². The molecule has 0 bridgehead atoms. The molecule has 0 atom stereocenters. The van der Waals surface area contributed by atoms with Gasteiger partial charge >= 0.3 is 0 Å². The largest absolute Gasteiger partial charge is 0.321 e. The Balaban J connectivity index is 1.60. The zero-order valence-electron chi connectivity index (χ0n) is 19.1. The molecule has 0 unspecified atom stereocenters. The highest BCUT2D eigenvalue weighted by Gasteiger charge is 2.21. The fourth-order valence-corrected chi connectivity index (χ4v) is 5.94. The molecule has 8 heteroatoms. The maximum atomic E-state index is 13.1. The van der Waals surface area contributed by atoms with Gasteiger partial charge in [-0.05, 0) is 73.5 Å². The van der Waals surface area contributed by atoms with Gasteiger partial charge in [0, 0.05) is 15.4 Å². The number of hydrogen-bond acceptors (Lipinski definition) is 4. The van der Waals surface area contributed by atoms with E-state index in [2.05, 4.69) is 10.0 Å². The molecular weight excluding hydrogens is 500 g/mol. The van der Waals surface area contributed by atoms with Gasteiger partial charge < -0.3 is 5.32 Å². The monoisotopic (exact) mass is 522 g/mol. The van der Waals surface area contributed by atoms with Gasteiger partial charge in [-0.3, -0.25) is 9.52 Å².